The molecule has 1 fully saturated rings. The third-order valence-electron chi connectivity index (χ3n) is 4.38. The molecule has 0 spiro atoms. The first kappa shape index (κ1) is 17.6. The van der Waals surface area contributed by atoms with Gasteiger partial charge in [0.15, 0.2) is 0 Å². The Morgan fingerprint density at radius 2 is 2.09 bits per heavy atom. The monoisotopic (exact) mass is 338 g/mol. The number of ether oxygens (including phenoxy) is 2. The molecule has 0 saturated carbocycles. The summed E-state index contributed by atoms with van der Waals surface area (Å²) in [5.41, 5.74) is 1.59. The van der Waals surface area contributed by atoms with Gasteiger partial charge in [0.05, 0.1) is 12.7 Å². The Morgan fingerprint density at radius 3 is 2.78 bits per heavy atom. The van der Waals surface area contributed by atoms with E-state index in [1.54, 1.807) is 7.11 Å². The molecule has 1 N–H and O–H groups in total. The molecule has 23 heavy (non-hydrogen) atoms. The van der Waals surface area contributed by atoms with Crippen molar-refractivity contribution in [3.63, 3.8) is 0 Å². The molecule has 1 saturated heterocycles. The van der Waals surface area contributed by atoms with Crippen LogP contribution in [0.5, 0.6) is 11.5 Å². The Balaban J connectivity index is 0.00000192. The minimum absolute atomic E-state index is 0. The molecule has 0 unspecified atom stereocenters. The van der Waals surface area contributed by atoms with E-state index in [4.69, 9.17) is 9.47 Å². The van der Waals surface area contributed by atoms with E-state index in [1.807, 2.05) is 36.2 Å². The second-order valence-electron chi connectivity index (χ2n) is 5.76. The van der Waals surface area contributed by atoms with Crippen molar-refractivity contribution < 1.29 is 14.3 Å². The smallest absolute Gasteiger partial charge is 0.253 e. The highest BCUT2D eigenvalue weighted by atomic mass is 35.5. The van der Waals surface area contributed by atoms with Crippen molar-refractivity contribution in [3.05, 3.63) is 29.3 Å². The molecule has 0 radical (unpaired) electrons. The standard InChI is InChI=1S/C17H22N2O3.ClH/c1-19(14-5-7-18-8-6-14)17(20)13-9-12-10-15(21-2)3-4-16(12)22-11-13;/h3-4,9-10,14,18H,5-8,11H2,1-2H3;1H. The van der Waals surface area contributed by atoms with Crippen molar-refractivity contribution >= 4 is 24.4 Å². The number of likely N-dealkylation sites (N-methyl/N-ethyl adjacent to an activating group) is 1. The summed E-state index contributed by atoms with van der Waals surface area (Å²) in [6, 6.07) is 5.94. The number of nitrogens with zero attached hydrogens (tertiary/aromatic N) is 1. The Labute approximate surface area is 143 Å². The lowest BCUT2D eigenvalue weighted by molar-refractivity contribution is -0.128. The fraction of sp³-hybridized carbons (Fsp3) is 0.471. The summed E-state index contributed by atoms with van der Waals surface area (Å²) in [6.07, 6.45) is 3.92. The molecule has 6 heteroatoms. The summed E-state index contributed by atoms with van der Waals surface area (Å²) in [5, 5.41) is 3.32. The predicted molar refractivity (Wildman–Crippen MR) is 92.4 cm³/mol. The highest BCUT2D eigenvalue weighted by Crippen LogP contribution is 2.30. The van der Waals surface area contributed by atoms with Gasteiger partial charge < -0.3 is 19.7 Å². The van der Waals surface area contributed by atoms with E-state index in [9.17, 15) is 4.79 Å². The number of hydrogen-bond acceptors (Lipinski definition) is 4. The topological polar surface area (TPSA) is 50.8 Å². The van der Waals surface area contributed by atoms with Crippen LogP contribution >= 0.6 is 12.4 Å². The first-order valence-electron chi connectivity index (χ1n) is 7.68. The van der Waals surface area contributed by atoms with E-state index in [0.717, 1.165) is 43.0 Å². The molecule has 2 aliphatic heterocycles. The molecule has 2 aliphatic rings. The van der Waals surface area contributed by atoms with Gasteiger partial charge in [-0.2, -0.15) is 0 Å². The lowest BCUT2D eigenvalue weighted by Crippen LogP contribution is -2.45. The number of benzene rings is 1. The summed E-state index contributed by atoms with van der Waals surface area (Å²) in [6.45, 7) is 2.27. The third kappa shape index (κ3) is 3.79. The van der Waals surface area contributed by atoms with Crippen molar-refractivity contribution in [1.82, 2.24) is 10.2 Å². The van der Waals surface area contributed by atoms with Crippen molar-refractivity contribution in [2.24, 2.45) is 0 Å². The summed E-state index contributed by atoms with van der Waals surface area (Å²) in [4.78, 5) is 14.5. The molecule has 2 heterocycles. The van der Waals surface area contributed by atoms with Crippen LogP contribution in [0.25, 0.3) is 6.08 Å². The molecule has 126 valence electrons. The fourth-order valence-corrected chi connectivity index (χ4v) is 2.99. The quantitative estimate of drug-likeness (QED) is 0.917. The molecule has 3 rings (SSSR count). The molecule has 5 nitrogen and oxygen atoms in total. The lowest BCUT2D eigenvalue weighted by atomic mass is 10.0. The Hall–Kier alpha value is -1.72. The van der Waals surface area contributed by atoms with Gasteiger partial charge in [-0.15, -0.1) is 12.4 Å². The Morgan fingerprint density at radius 1 is 1.35 bits per heavy atom. The highest BCUT2D eigenvalue weighted by Gasteiger charge is 2.26. The minimum Gasteiger partial charge on any atom is -0.497 e. The average molecular weight is 339 g/mol. The van der Waals surface area contributed by atoms with Gasteiger partial charge in [-0.05, 0) is 50.2 Å². The summed E-state index contributed by atoms with van der Waals surface area (Å²) >= 11 is 0. The summed E-state index contributed by atoms with van der Waals surface area (Å²) in [7, 11) is 3.52. The van der Waals surface area contributed by atoms with Gasteiger partial charge >= 0.3 is 0 Å². The second kappa shape index (κ2) is 7.70. The first-order chi connectivity index (χ1) is 10.7. The van der Waals surface area contributed by atoms with Crippen LogP contribution in [0, 0.1) is 0 Å². The number of fused-ring (bicyclic) bond motifs is 1. The fourth-order valence-electron chi connectivity index (χ4n) is 2.99. The van der Waals surface area contributed by atoms with Crippen LogP contribution < -0.4 is 14.8 Å². The van der Waals surface area contributed by atoms with Gasteiger partial charge in [-0.1, -0.05) is 0 Å². The molecular formula is C17H23ClN2O3. The molecule has 0 aromatic heterocycles. The van der Waals surface area contributed by atoms with Crippen molar-refractivity contribution in [2.75, 3.05) is 33.9 Å². The van der Waals surface area contributed by atoms with E-state index < -0.39 is 0 Å². The van der Waals surface area contributed by atoms with Crippen molar-refractivity contribution in [2.45, 2.75) is 18.9 Å². The number of amides is 1. The number of methoxy groups -OCH3 is 1. The number of piperidine rings is 1. The van der Waals surface area contributed by atoms with Gasteiger partial charge in [0.2, 0.25) is 0 Å². The SMILES string of the molecule is COc1ccc2c(c1)C=C(C(=O)N(C)C1CCNCC1)CO2.Cl. The second-order valence-corrected chi connectivity index (χ2v) is 5.76. The third-order valence-corrected chi connectivity index (χ3v) is 4.38. The van der Waals surface area contributed by atoms with E-state index in [0.29, 0.717) is 18.2 Å². The van der Waals surface area contributed by atoms with Crippen LogP contribution in [-0.2, 0) is 4.79 Å². The molecule has 0 atom stereocenters. The molecule has 0 bridgehead atoms. The molecule has 1 aromatic rings. The minimum atomic E-state index is 0. The molecule has 1 aromatic carbocycles. The zero-order valence-electron chi connectivity index (χ0n) is 13.5. The normalized spacial score (nSPS) is 17.2. The number of hydrogen-bond donors (Lipinski definition) is 1. The number of halogens is 1. The number of rotatable bonds is 3. The van der Waals surface area contributed by atoms with E-state index in [1.165, 1.54) is 0 Å². The maximum atomic E-state index is 12.7. The van der Waals surface area contributed by atoms with Crippen LogP contribution in [0.3, 0.4) is 0 Å². The Kier molecular flexibility index (Phi) is 5.91. The van der Waals surface area contributed by atoms with Crippen molar-refractivity contribution in [3.8, 4) is 11.5 Å². The van der Waals surface area contributed by atoms with Crippen LogP contribution in [0.4, 0.5) is 0 Å². The maximum Gasteiger partial charge on any atom is 0.253 e. The van der Waals surface area contributed by atoms with Gasteiger partial charge in [-0.3, -0.25) is 4.79 Å². The van der Waals surface area contributed by atoms with Crippen LogP contribution in [0.1, 0.15) is 18.4 Å². The van der Waals surface area contributed by atoms with Crippen LogP contribution in [-0.4, -0.2) is 50.7 Å². The van der Waals surface area contributed by atoms with Gasteiger partial charge in [0.1, 0.15) is 18.1 Å². The summed E-state index contributed by atoms with van der Waals surface area (Å²) in [5.74, 6) is 1.61. The van der Waals surface area contributed by atoms with Gasteiger partial charge in [0, 0.05) is 18.7 Å². The largest absolute Gasteiger partial charge is 0.497 e. The number of nitrogens with one attached hydrogen (secondary N) is 1. The number of carbonyl (C=O) groups is 1. The van der Waals surface area contributed by atoms with Crippen LogP contribution in [0.2, 0.25) is 0 Å². The molecular weight excluding hydrogens is 316 g/mol. The van der Waals surface area contributed by atoms with Gasteiger partial charge in [0.25, 0.3) is 5.91 Å². The zero-order valence-corrected chi connectivity index (χ0v) is 14.3. The molecule has 0 aliphatic carbocycles. The summed E-state index contributed by atoms with van der Waals surface area (Å²) < 4.78 is 10.9. The highest BCUT2D eigenvalue weighted by molar-refractivity contribution is 5.99. The lowest BCUT2D eigenvalue weighted by Gasteiger charge is -2.32. The van der Waals surface area contributed by atoms with Gasteiger partial charge in [-0.25, -0.2) is 0 Å². The number of carbonyl (C=O) groups excluding carboxylic acids is 1. The Bertz CT molecular complexity index is 598. The average Bonchev–Trinajstić information content (AvgIpc) is 2.60. The van der Waals surface area contributed by atoms with Crippen molar-refractivity contribution in [1.29, 1.82) is 0 Å². The maximum absolute atomic E-state index is 12.7. The predicted octanol–water partition coefficient (Wildman–Crippen LogP) is 2.10. The van der Waals surface area contributed by atoms with Crippen LogP contribution in [0.15, 0.2) is 23.8 Å². The molecule has 1 amide bonds. The van der Waals surface area contributed by atoms with E-state index in [2.05, 4.69) is 5.32 Å². The van der Waals surface area contributed by atoms with E-state index in [-0.39, 0.29) is 18.3 Å². The zero-order chi connectivity index (χ0) is 15.5. The van der Waals surface area contributed by atoms with E-state index >= 15 is 0 Å². The first-order valence-corrected chi connectivity index (χ1v) is 7.68.